The topological polar surface area (TPSA) is 67.4 Å². The number of nitrogens with one attached hydrogen (secondary N) is 2. The molecule has 0 aliphatic carbocycles. The molecule has 0 aliphatic rings. The molecule has 0 saturated carbocycles. The van der Waals surface area contributed by atoms with Gasteiger partial charge in [0.2, 0.25) is 11.8 Å². The van der Waals surface area contributed by atoms with Crippen molar-refractivity contribution in [2.45, 2.75) is 27.7 Å². The van der Waals surface area contributed by atoms with Crippen molar-refractivity contribution in [3.05, 3.63) is 53.1 Å². The molecule has 2 rings (SSSR count). The van der Waals surface area contributed by atoms with Crippen molar-refractivity contribution >= 4 is 34.8 Å². The summed E-state index contributed by atoms with van der Waals surface area (Å²) in [6.07, 6.45) is 0. The van der Waals surface area contributed by atoms with Gasteiger partial charge in [0.05, 0.1) is 12.3 Å². The number of ether oxygens (including phenoxy) is 1. The van der Waals surface area contributed by atoms with E-state index in [4.69, 9.17) is 16.3 Å². The van der Waals surface area contributed by atoms with E-state index in [9.17, 15) is 9.59 Å². The third-order valence-electron chi connectivity index (χ3n) is 4.01. The first-order valence-electron chi connectivity index (χ1n) is 8.36. The van der Waals surface area contributed by atoms with Crippen LogP contribution in [0.3, 0.4) is 0 Å². The second kappa shape index (κ2) is 8.23. The average Bonchev–Trinajstić information content (AvgIpc) is 2.59. The fraction of sp³-hybridized carbons (Fsp3) is 0.300. The Kier molecular flexibility index (Phi) is 6.27. The number of carbonyl (C=O) groups is 2. The van der Waals surface area contributed by atoms with Crippen LogP contribution in [0.15, 0.2) is 42.5 Å². The molecule has 138 valence electrons. The predicted molar refractivity (Wildman–Crippen MR) is 105 cm³/mol. The summed E-state index contributed by atoms with van der Waals surface area (Å²) in [4.78, 5) is 25.4. The largest absolute Gasteiger partial charge is 0.492 e. The van der Waals surface area contributed by atoms with Crippen molar-refractivity contribution in [1.29, 1.82) is 0 Å². The van der Waals surface area contributed by atoms with Gasteiger partial charge in [-0.25, -0.2) is 0 Å². The fourth-order valence-electron chi connectivity index (χ4n) is 2.28. The van der Waals surface area contributed by atoms with Gasteiger partial charge in [-0.3, -0.25) is 9.59 Å². The van der Waals surface area contributed by atoms with Gasteiger partial charge in [-0.05, 0) is 63.6 Å². The van der Waals surface area contributed by atoms with Gasteiger partial charge < -0.3 is 15.4 Å². The van der Waals surface area contributed by atoms with E-state index in [2.05, 4.69) is 10.6 Å². The van der Waals surface area contributed by atoms with Crippen LogP contribution in [0.2, 0.25) is 5.02 Å². The van der Waals surface area contributed by atoms with E-state index < -0.39 is 17.2 Å². The fourth-order valence-corrected chi connectivity index (χ4v) is 2.51. The number of rotatable bonds is 6. The molecule has 26 heavy (non-hydrogen) atoms. The summed E-state index contributed by atoms with van der Waals surface area (Å²) >= 11 is 5.94. The summed E-state index contributed by atoms with van der Waals surface area (Å²) in [6, 6.07) is 12.3. The number of hydrogen-bond donors (Lipinski definition) is 2. The normalized spacial score (nSPS) is 11.0. The minimum absolute atomic E-state index is 0.408. The third-order valence-corrected chi connectivity index (χ3v) is 4.24. The van der Waals surface area contributed by atoms with Crippen molar-refractivity contribution in [1.82, 2.24) is 0 Å². The summed E-state index contributed by atoms with van der Waals surface area (Å²) in [5.74, 6) is -0.267. The lowest BCUT2D eigenvalue weighted by Crippen LogP contribution is -2.41. The zero-order valence-electron chi connectivity index (χ0n) is 15.4. The highest BCUT2D eigenvalue weighted by atomic mass is 35.5. The molecule has 0 atom stereocenters. The van der Waals surface area contributed by atoms with Crippen LogP contribution in [-0.4, -0.2) is 18.4 Å². The van der Waals surface area contributed by atoms with Crippen LogP contribution in [0.5, 0.6) is 5.75 Å². The van der Waals surface area contributed by atoms with Crippen LogP contribution >= 0.6 is 11.6 Å². The maximum Gasteiger partial charge on any atom is 0.239 e. The van der Waals surface area contributed by atoms with Crippen LogP contribution in [0, 0.1) is 12.3 Å². The number of amides is 2. The summed E-state index contributed by atoms with van der Waals surface area (Å²) in [5.41, 5.74) is 0.687. The van der Waals surface area contributed by atoms with E-state index in [0.29, 0.717) is 28.8 Å². The molecule has 0 unspecified atom stereocenters. The lowest BCUT2D eigenvalue weighted by molar-refractivity contribution is -0.135. The Labute approximate surface area is 158 Å². The minimum Gasteiger partial charge on any atom is -0.492 e. The Bertz CT molecular complexity index is 818. The molecule has 2 aromatic rings. The minimum atomic E-state index is -1.29. The molecule has 2 amide bonds. The molecule has 0 fully saturated rings. The maximum absolute atomic E-state index is 12.7. The van der Waals surface area contributed by atoms with Gasteiger partial charge in [0.25, 0.3) is 0 Å². The van der Waals surface area contributed by atoms with Crippen molar-refractivity contribution < 1.29 is 14.3 Å². The van der Waals surface area contributed by atoms with Crippen LogP contribution in [-0.2, 0) is 9.59 Å². The summed E-state index contributed by atoms with van der Waals surface area (Å²) in [6.45, 7) is 7.34. The number of para-hydroxylation sites is 2. The summed E-state index contributed by atoms with van der Waals surface area (Å²) in [5, 5.41) is 6.16. The van der Waals surface area contributed by atoms with Crippen LogP contribution in [0.1, 0.15) is 26.3 Å². The lowest BCUT2D eigenvalue weighted by atomic mass is 9.90. The number of hydrogen-bond acceptors (Lipinski definition) is 3. The molecule has 2 aromatic carbocycles. The van der Waals surface area contributed by atoms with Crippen molar-refractivity contribution in [3.63, 3.8) is 0 Å². The Morgan fingerprint density at radius 2 is 1.65 bits per heavy atom. The molecule has 0 heterocycles. The van der Waals surface area contributed by atoms with Crippen molar-refractivity contribution in [3.8, 4) is 5.75 Å². The molecule has 0 aliphatic heterocycles. The summed E-state index contributed by atoms with van der Waals surface area (Å²) < 4.78 is 5.51. The molecule has 0 radical (unpaired) electrons. The molecule has 5 nitrogen and oxygen atoms in total. The third kappa shape index (κ3) is 4.55. The number of halogens is 1. The second-order valence-corrected chi connectivity index (χ2v) is 6.86. The van der Waals surface area contributed by atoms with E-state index in [-0.39, 0.29) is 0 Å². The second-order valence-electron chi connectivity index (χ2n) is 6.42. The average molecular weight is 375 g/mol. The van der Waals surface area contributed by atoms with Crippen LogP contribution in [0.4, 0.5) is 11.4 Å². The van der Waals surface area contributed by atoms with Crippen LogP contribution in [0.25, 0.3) is 0 Å². The first-order valence-corrected chi connectivity index (χ1v) is 8.74. The monoisotopic (exact) mass is 374 g/mol. The number of benzene rings is 2. The first-order chi connectivity index (χ1) is 12.3. The highest BCUT2D eigenvalue weighted by molar-refractivity contribution is 6.30. The molecule has 6 heteroatoms. The zero-order chi connectivity index (χ0) is 19.3. The maximum atomic E-state index is 12.7. The molecule has 0 aromatic heterocycles. The zero-order valence-corrected chi connectivity index (χ0v) is 16.1. The standard InChI is InChI=1S/C20H23ClN2O3/c1-5-26-17-9-7-6-8-16(17)23-19(25)20(3,4)18(24)22-15-11-10-14(21)12-13(15)2/h6-12H,5H2,1-4H3,(H,22,24)(H,23,25). The Hall–Kier alpha value is -2.53. The SMILES string of the molecule is CCOc1ccccc1NC(=O)C(C)(C)C(=O)Nc1ccc(Cl)cc1C. The molecule has 0 spiro atoms. The Balaban J connectivity index is 2.15. The molecule has 0 bridgehead atoms. The van der Waals surface area contributed by atoms with E-state index >= 15 is 0 Å². The molecule has 2 N–H and O–H groups in total. The molecular weight excluding hydrogens is 352 g/mol. The van der Waals surface area contributed by atoms with Gasteiger partial charge in [-0.1, -0.05) is 23.7 Å². The van der Waals surface area contributed by atoms with E-state index in [0.717, 1.165) is 5.56 Å². The summed E-state index contributed by atoms with van der Waals surface area (Å²) in [7, 11) is 0. The van der Waals surface area contributed by atoms with Gasteiger partial charge >= 0.3 is 0 Å². The highest BCUT2D eigenvalue weighted by Gasteiger charge is 2.36. The Morgan fingerprint density at radius 1 is 1.04 bits per heavy atom. The van der Waals surface area contributed by atoms with E-state index in [1.807, 2.05) is 19.9 Å². The van der Waals surface area contributed by atoms with E-state index in [1.165, 1.54) is 0 Å². The van der Waals surface area contributed by atoms with Crippen molar-refractivity contribution in [2.75, 3.05) is 17.2 Å². The van der Waals surface area contributed by atoms with Gasteiger partial charge in [0, 0.05) is 10.7 Å². The predicted octanol–water partition coefficient (Wildman–Crippen LogP) is 4.65. The van der Waals surface area contributed by atoms with Gasteiger partial charge in [-0.15, -0.1) is 0 Å². The van der Waals surface area contributed by atoms with Gasteiger partial charge in [0.15, 0.2) is 0 Å². The van der Waals surface area contributed by atoms with Crippen molar-refractivity contribution in [2.24, 2.45) is 5.41 Å². The smallest absolute Gasteiger partial charge is 0.239 e. The lowest BCUT2D eigenvalue weighted by Gasteiger charge is -2.24. The number of carbonyl (C=O) groups excluding carboxylic acids is 2. The van der Waals surface area contributed by atoms with E-state index in [1.54, 1.807) is 50.2 Å². The first kappa shape index (κ1) is 19.8. The number of aryl methyl sites for hydroxylation is 1. The number of anilines is 2. The molecule has 0 saturated heterocycles. The Morgan fingerprint density at radius 3 is 2.27 bits per heavy atom. The highest BCUT2D eigenvalue weighted by Crippen LogP contribution is 2.28. The van der Waals surface area contributed by atoms with Gasteiger partial charge in [-0.2, -0.15) is 0 Å². The quantitative estimate of drug-likeness (QED) is 0.723. The van der Waals surface area contributed by atoms with Crippen LogP contribution < -0.4 is 15.4 Å². The van der Waals surface area contributed by atoms with Gasteiger partial charge in [0.1, 0.15) is 11.2 Å². The molecular formula is C20H23ClN2O3.